The molecule has 1 unspecified atom stereocenters. The smallest absolute Gasteiger partial charge is 0.325 e. The quantitative estimate of drug-likeness (QED) is 0.461. The van der Waals surface area contributed by atoms with Gasteiger partial charge in [0.15, 0.2) is 5.41 Å². The van der Waals surface area contributed by atoms with Crippen molar-refractivity contribution in [2.24, 2.45) is 0 Å². The normalized spacial score (nSPS) is 13.9. The lowest BCUT2D eigenvalue weighted by molar-refractivity contribution is -0.151. The van der Waals surface area contributed by atoms with Gasteiger partial charge in [0.25, 0.3) is 0 Å². The molecule has 0 aliphatic heterocycles. The minimum Gasteiger partial charge on any atom is -0.465 e. The Kier molecular flexibility index (Phi) is 4.07. The van der Waals surface area contributed by atoms with Crippen molar-refractivity contribution in [3.63, 3.8) is 0 Å². The van der Waals surface area contributed by atoms with E-state index >= 15 is 0 Å². The topological polar surface area (TPSA) is 43.4 Å². The number of carbonyl (C=O) groups excluding carboxylic acids is 2. The molecule has 0 aliphatic rings. The van der Waals surface area contributed by atoms with E-state index in [1.165, 1.54) is 6.92 Å². The first-order valence-corrected chi connectivity index (χ1v) is 5.34. The van der Waals surface area contributed by atoms with Crippen LogP contribution in [0.4, 0.5) is 0 Å². The van der Waals surface area contributed by atoms with Gasteiger partial charge >= 0.3 is 5.97 Å². The van der Waals surface area contributed by atoms with E-state index in [4.69, 9.17) is 16.3 Å². The predicted molar refractivity (Wildman–Crippen MR) is 61.3 cm³/mol. The van der Waals surface area contributed by atoms with E-state index in [2.05, 4.69) is 0 Å². The van der Waals surface area contributed by atoms with E-state index < -0.39 is 16.6 Å². The molecule has 1 aromatic carbocycles. The molecule has 1 aromatic rings. The van der Waals surface area contributed by atoms with Crippen molar-refractivity contribution in [1.82, 2.24) is 0 Å². The van der Waals surface area contributed by atoms with Gasteiger partial charge in [0.2, 0.25) is 5.24 Å². The molecule has 3 nitrogen and oxygen atoms in total. The lowest BCUT2D eigenvalue weighted by Gasteiger charge is -2.23. The third-order valence-electron chi connectivity index (χ3n) is 2.43. The first kappa shape index (κ1) is 12.7. The summed E-state index contributed by atoms with van der Waals surface area (Å²) < 4.78 is 4.88. The maximum atomic E-state index is 11.8. The molecule has 0 aliphatic carbocycles. The molecule has 0 saturated heterocycles. The molecule has 0 radical (unpaired) electrons. The molecule has 0 heterocycles. The van der Waals surface area contributed by atoms with Crippen molar-refractivity contribution in [1.29, 1.82) is 0 Å². The first-order chi connectivity index (χ1) is 7.53. The second kappa shape index (κ2) is 5.12. The third-order valence-corrected chi connectivity index (χ3v) is 2.81. The van der Waals surface area contributed by atoms with Crippen molar-refractivity contribution in [2.45, 2.75) is 19.3 Å². The maximum absolute atomic E-state index is 11.8. The summed E-state index contributed by atoms with van der Waals surface area (Å²) >= 11 is 5.51. The Morgan fingerprint density at radius 1 is 1.31 bits per heavy atom. The zero-order valence-corrected chi connectivity index (χ0v) is 9.95. The van der Waals surface area contributed by atoms with Crippen molar-refractivity contribution < 1.29 is 14.3 Å². The number of esters is 1. The van der Waals surface area contributed by atoms with Crippen LogP contribution >= 0.6 is 11.6 Å². The monoisotopic (exact) mass is 240 g/mol. The largest absolute Gasteiger partial charge is 0.465 e. The molecular formula is C12H13ClO3. The van der Waals surface area contributed by atoms with E-state index in [0.717, 1.165) is 0 Å². The highest BCUT2D eigenvalue weighted by molar-refractivity contribution is 6.67. The fourth-order valence-corrected chi connectivity index (χ4v) is 1.54. The van der Waals surface area contributed by atoms with Crippen molar-refractivity contribution >= 4 is 22.8 Å². The number of ether oxygens (including phenoxy) is 1. The number of hydrogen-bond acceptors (Lipinski definition) is 3. The van der Waals surface area contributed by atoms with Gasteiger partial charge in [-0.2, -0.15) is 0 Å². The molecule has 16 heavy (non-hydrogen) atoms. The standard InChI is InChI=1S/C12H13ClO3/c1-3-16-11(15)12(2,10(13)14)9-7-5-4-6-8-9/h4-8H,3H2,1-2H3. The van der Waals surface area contributed by atoms with Gasteiger partial charge < -0.3 is 4.74 Å². The van der Waals surface area contributed by atoms with Crippen LogP contribution in [0.15, 0.2) is 30.3 Å². The van der Waals surface area contributed by atoms with E-state index in [9.17, 15) is 9.59 Å². The van der Waals surface area contributed by atoms with Crippen LogP contribution in [-0.4, -0.2) is 17.8 Å². The van der Waals surface area contributed by atoms with Gasteiger partial charge in [0.05, 0.1) is 6.61 Å². The zero-order valence-electron chi connectivity index (χ0n) is 9.20. The van der Waals surface area contributed by atoms with Crippen LogP contribution in [0.1, 0.15) is 19.4 Å². The minimum absolute atomic E-state index is 0.214. The van der Waals surface area contributed by atoms with Crippen LogP contribution in [0, 0.1) is 0 Å². The third kappa shape index (κ3) is 2.25. The Bertz CT molecular complexity index is 389. The molecule has 86 valence electrons. The lowest BCUT2D eigenvalue weighted by Crippen LogP contribution is -2.39. The molecule has 0 amide bonds. The zero-order chi connectivity index (χ0) is 12.2. The summed E-state index contributed by atoms with van der Waals surface area (Å²) in [7, 11) is 0. The summed E-state index contributed by atoms with van der Waals surface area (Å²) in [6.45, 7) is 3.36. The molecule has 0 bridgehead atoms. The molecular weight excluding hydrogens is 228 g/mol. The Balaban J connectivity index is 3.17. The SMILES string of the molecule is CCOC(=O)C(C)(C(=O)Cl)c1ccccc1. The highest BCUT2D eigenvalue weighted by Gasteiger charge is 2.43. The van der Waals surface area contributed by atoms with Gasteiger partial charge in [-0.25, -0.2) is 0 Å². The summed E-state index contributed by atoms with van der Waals surface area (Å²) in [6, 6.07) is 8.64. The average Bonchev–Trinajstić information content (AvgIpc) is 2.29. The Morgan fingerprint density at radius 2 is 1.88 bits per heavy atom. The van der Waals surface area contributed by atoms with Crippen molar-refractivity contribution in [2.75, 3.05) is 6.61 Å². The fourth-order valence-electron chi connectivity index (χ4n) is 1.36. The molecule has 0 aromatic heterocycles. The van der Waals surface area contributed by atoms with E-state index in [1.807, 2.05) is 0 Å². The second-order valence-corrected chi connectivity index (χ2v) is 3.83. The summed E-state index contributed by atoms with van der Waals surface area (Å²) in [6.07, 6.45) is 0. The first-order valence-electron chi connectivity index (χ1n) is 4.96. The molecule has 0 N–H and O–H groups in total. The van der Waals surface area contributed by atoms with E-state index in [0.29, 0.717) is 5.56 Å². The van der Waals surface area contributed by atoms with Gasteiger partial charge in [-0.05, 0) is 31.0 Å². The van der Waals surface area contributed by atoms with Gasteiger partial charge in [0, 0.05) is 0 Å². The van der Waals surface area contributed by atoms with Crippen molar-refractivity contribution in [3.8, 4) is 0 Å². The van der Waals surface area contributed by atoms with E-state index in [-0.39, 0.29) is 6.61 Å². The highest BCUT2D eigenvalue weighted by Crippen LogP contribution is 2.28. The van der Waals surface area contributed by atoms with Crippen LogP contribution < -0.4 is 0 Å². The summed E-state index contributed by atoms with van der Waals surface area (Å²) in [5, 5.41) is -0.739. The average molecular weight is 241 g/mol. The van der Waals surface area contributed by atoms with Gasteiger partial charge in [-0.3, -0.25) is 9.59 Å². The van der Waals surface area contributed by atoms with Crippen LogP contribution in [0.2, 0.25) is 0 Å². The number of rotatable bonds is 4. The molecule has 0 fully saturated rings. The summed E-state index contributed by atoms with van der Waals surface area (Å²) in [5.41, 5.74) is -0.896. The molecule has 0 saturated carbocycles. The number of hydrogen-bond donors (Lipinski definition) is 0. The Labute approximate surface area is 99.4 Å². The Hall–Kier alpha value is -1.35. The molecule has 1 rings (SSSR count). The van der Waals surface area contributed by atoms with Crippen LogP contribution in [0.5, 0.6) is 0 Å². The van der Waals surface area contributed by atoms with Crippen molar-refractivity contribution in [3.05, 3.63) is 35.9 Å². The maximum Gasteiger partial charge on any atom is 0.325 e. The predicted octanol–water partition coefficient (Wildman–Crippen LogP) is 2.27. The second-order valence-electron chi connectivity index (χ2n) is 3.49. The van der Waals surface area contributed by atoms with Crippen LogP contribution in [0.25, 0.3) is 0 Å². The number of carbonyl (C=O) groups is 2. The molecule has 1 atom stereocenters. The fraction of sp³-hybridized carbons (Fsp3) is 0.333. The molecule has 4 heteroatoms. The summed E-state index contributed by atoms with van der Waals surface area (Å²) in [5.74, 6) is -0.624. The van der Waals surface area contributed by atoms with Gasteiger partial charge in [-0.15, -0.1) is 0 Å². The Morgan fingerprint density at radius 3 is 2.31 bits per heavy atom. The number of benzene rings is 1. The molecule has 0 spiro atoms. The van der Waals surface area contributed by atoms with Gasteiger partial charge in [-0.1, -0.05) is 30.3 Å². The van der Waals surface area contributed by atoms with Crippen LogP contribution in [-0.2, 0) is 19.7 Å². The van der Waals surface area contributed by atoms with Gasteiger partial charge in [0.1, 0.15) is 0 Å². The minimum atomic E-state index is -1.43. The lowest BCUT2D eigenvalue weighted by atomic mass is 9.84. The highest BCUT2D eigenvalue weighted by atomic mass is 35.5. The summed E-state index contributed by atoms with van der Waals surface area (Å²) in [4.78, 5) is 23.2. The van der Waals surface area contributed by atoms with Crippen LogP contribution in [0.3, 0.4) is 0 Å². The van der Waals surface area contributed by atoms with E-state index in [1.54, 1.807) is 37.3 Å². The number of halogens is 1.